The molecule has 3 rings (SSSR count). The first-order valence-corrected chi connectivity index (χ1v) is 7.82. The average molecular weight is 357 g/mol. The van der Waals surface area contributed by atoms with Gasteiger partial charge in [0.05, 0.1) is 5.52 Å². The third kappa shape index (κ3) is 3.94. The van der Waals surface area contributed by atoms with Crippen LogP contribution in [0.3, 0.4) is 0 Å². The van der Waals surface area contributed by atoms with Crippen LogP contribution in [0.25, 0.3) is 11.0 Å². The quantitative estimate of drug-likeness (QED) is 0.669. The first-order chi connectivity index (χ1) is 12.5. The smallest absolute Gasteiger partial charge is 0.279 e. The van der Waals surface area contributed by atoms with Crippen molar-refractivity contribution in [3.63, 3.8) is 0 Å². The number of halogens is 1. The van der Waals surface area contributed by atoms with Crippen molar-refractivity contribution in [3.05, 3.63) is 54.3 Å². The molecule has 1 atom stereocenters. The monoisotopic (exact) mass is 357 g/mol. The van der Waals surface area contributed by atoms with Gasteiger partial charge in [-0.2, -0.15) is 0 Å². The van der Waals surface area contributed by atoms with Gasteiger partial charge in [0.25, 0.3) is 11.8 Å². The minimum absolute atomic E-state index is 0.0458. The van der Waals surface area contributed by atoms with Crippen molar-refractivity contribution in [2.45, 2.75) is 19.6 Å². The van der Waals surface area contributed by atoms with Crippen molar-refractivity contribution in [2.75, 3.05) is 0 Å². The summed E-state index contributed by atoms with van der Waals surface area (Å²) in [5, 5.41) is 7.83. The molecule has 1 heterocycles. The van der Waals surface area contributed by atoms with Crippen LogP contribution in [0.2, 0.25) is 0 Å². The van der Waals surface area contributed by atoms with Crippen LogP contribution >= 0.6 is 0 Å². The molecule has 0 saturated carbocycles. The molecule has 0 radical (unpaired) electrons. The number of carbonyl (C=O) groups excluding carboxylic acids is 2. The van der Waals surface area contributed by atoms with Crippen molar-refractivity contribution in [3.8, 4) is 5.75 Å². The molecule has 0 aliphatic carbocycles. The van der Waals surface area contributed by atoms with E-state index in [-0.39, 0.29) is 12.3 Å². The van der Waals surface area contributed by atoms with Crippen molar-refractivity contribution in [1.29, 1.82) is 0 Å². The maximum atomic E-state index is 13.5. The molecule has 9 heteroatoms. The van der Waals surface area contributed by atoms with E-state index in [1.54, 1.807) is 18.2 Å². The Bertz CT molecular complexity index is 943. The lowest BCUT2D eigenvalue weighted by molar-refractivity contribution is -0.133. The number of benzene rings is 2. The van der Waals surface area contributed by atoms with E-state index in [0.29, 0.717) is 11.0 Å². The van der Waals surface area contributed by atoms with E-state index in [0.717, 1.165) is 0 Å². The Morgan fingerprint density at radius 1 is 1.15 bits per heavy atom. The van der Waals surface area contributed by atoms with Crippen LogP contribution in [0.4, 0.5) is 4.39 Å². The summed E-state index contributed by atoms with van der Waals surface area (Å²) in [6, 6.07) is 12.9. The SMILES string of the molecule is CC(Oc1ccccc1F)C(=O)NNC(=O)Cn1nnc2ccccc21. The molecule has 2 aromatic carbocycles. The average Bonchev–Trinajstić information content (AvgIpc) is 3.04. The molecule has 1 aromatic heterocycles. The Morgan fingerprint density at radius 2 is 1.88 bits per heavy atom. The van der Waals surface area contributed by atoms with Crippen molar-refractivity contribution >= 4 is 22.8 Å². The van der Waals surface area contributed by atoms with Gasteiger partial charge in [-0.15, -0.1) is 5.10 Å². The number of ether oxygens (including phenoxy) is 1. The second kappa shape index (κ2) is 7.60. The number of nitrogens with one attached hydrogen (secondary N) is 2. The Hall–Kier alpha value is -3.49. The summed E-state index contributed by atoms with van der Waals surface area (Å²) in [6.45, 7) is 1.32. The Labute approximate surface area is 147 Å². The Kier molecular flexibility index (Phi) is 5.07. The number of hydrazine groups is 1. The number of carbonyl (C=O) groups is 2. The topological polar surface area (TPSA) is 98.1 Å². The van der Waals surface area contributed by atoms with Crippen LogP contribution in [0.5, 0.6) is 5.75 Å². The molecule has 3 aromatic rings. The van der Waals surface area contributed by atoms with Crippen LogP contribution in [-0.4, -0.2) is 32.9 Å². The van der Waals surface area contributed by atoms with Crippen LogP contribution < -0.4 is 15.6 Å². The zero-order valence-electron chi connectivity index (χ0n) is 13.8. The first-order valence-electron chi connectivity index (χ1n) is 7.82. The lowest BCUT2D eigenvalue weighted by Crippen LogP contribution is -2.48. The molecular formula is C17H16FN5O3. The van der Waals surface area contributed by atoms with Gasteiger partial charge in [-0.1, -0.05) is 29.5 Å². The van der Waals surface area contributed by atoms with E-state index >= 15 is 0 Å². The summed E-state index contributed by atoms with van der Waals surface area (Å²) in [7, 11) is 0. The molecule has 2 amide bonds. The Morgan fingerprint density at radius 3 is 2.69 bits per heavy atom. The lowest BCUT2D eigenvalue weighted by Gasteiger charge is -2.15. The molecule has 0 aliphatic rings. The number of hydrogen-bond acceptors (Lipinski definition) is 5. The molecule has 2 N–H and O–H groups in total. The van der Waals surface area contributed by atoms with E-state index < -0.39 is 23.7 Å². The third-order valence-electron chi connectivity index (χ3n) is 3.55. The molecule has 1 unspecified atom stereocenters. The fourth-order valence-electron chi connectivity index (χ4n) is 2.23. The van der Waals surface area contributed by atoms with Crippen molar-refractivity contribution in [2.24, 2.45) is 0 Å². The van der Waals surface area contributed by atoms with Gasteiger partial charge in [0.2, 0.25) is 0 Å². The molecule has 8 nitrogen and oxygen atoms in total. The number of aromatic nitrogens is 3. The first kappa shape index (κ1) is 17.3. The molecule has 26 heavy (non-hydrogen) atoms. The second-order valence-electron chi connectivity index (χ2n) is 5.46. The molecule has 0 bridgehead atoms. The minimum atomic E-state index is -1.00. The van der Waals surface area contributed by atoms with Gasteiger partial charge in [0.15, 0.2) is 17.7 Å². The van der Waals surface area contributed by atoms with Crippen LogP contribution in [0.1, 0.15) is 6.92 Å². The summed E-state index contributed by atoms with van der Waals surface area (Å²) in [5.41, 5.74) is 5.86. The predicted molar refractivity (Wildman–Crippen MR) is 90.3 cm³/mol. The van der Waals surface area contributed by atoms with E-state index in [9.17, 15) is 14.0 Å². The Balaban J connectivity index is 1.52. The molecular weight excluding hydrogens is 341 g/mol. The number of rotatable bonds is 5. The highest BCUT2D eigenvalue weighted by Crippen LogP contribution is 2.16. The summed E-state index contributed by atoms with van der Waals surface area (Å²) in [6.07, 6.45) is -1.00. The van der Waals surface area contributed by atoms with E-state index in [1.165, 1.54) is 29.8 Å². The maximum absolute atomic E-state index is 13.5. The number of amides is 2. The molecule has 134 valence electrons. The highest BCUT2D eigenvalue weighted by atomic mass is 19.1. The standard InChI is InChI=1S/C17H16FN5O3/c1-11(26-15-9-5-2-6-12(15)18)17(25)21-20-16(24)10-23-14-8-4-3-7-13(14)19-22-23/h2-9,11H,10H2,1H3,(H,20,24)(H,21,25). The predicted octanol–water partition coefficient (Wildman–Crippen LogP) is 1.19. The van der Waals surface area contributed by atoms with Gasteiger partial charge in [0, 0.05) is 0 Å². The number of para-hydroxylation sites is 2. The van der Waals surface area contributed by atoms with Gasteiger partial charge in [0.1, 0.15) is 12.1 Å². The summed E-state index contributed by atoms with van der Waals surface area (Å²) >= 11 is 0. The van der Waals surface area contributed by atoms with Gasteiger partial charge in [-0.3, -0.25) is 20.4 Å². The highest BCUT2D eigenvalue weighted by Gasteiger charge is 2.17. The van der Waals surface area contributed by atoms with Crippen LogP contribution in [0, 0.1) is 5.82 Å². The van der Waals surface area contributed by atoms with Gasteiger partial charge >= 0.3 is 0 Å². The second-order valence-corrected chi connectivity index (χ2v) is 5.46. The van der Waals surface area contributed by atoms with Crippen LogP contribution in [0.15, 0.2) is 48.5 Å². The fourth-order valence-corrected chi connectivity index (χ4v) is 2.23. The van der Waals surface area contributed by atoms with E-state index in [1.807, 2.05) is 12.1 Å². The third-order valence-corrected chi connectivity index (χ3v) is 3.55. The van der Waals surface area contributed by atoms with E-state index in [4.69, 9.17) is 4.74 Å². The largest absolute Gasteiger partial charge is 0.478 e. The van der Waals surface area contributed by atoms with Crippen molar-refractivity contribution < 1.29 is 18.7 Å². The zero-order chi connectivity index (χ0) is 18.5. The summed E-state index contributed by atoms with van der Waals surface area (Å²) in [4.78, 5) is 23.9. The molecule has 0 aliphatic heterocycles. The van der Waals surface area contributed by atoms with Gasteiger partial charge in [-0.05, 0) is 31.2 Å². The molecule has 0 saturated heterocycles. The zero-order valence-corrected chi connectivity index (χ0v) is 13.8. The van der Waals surface area contributed by atoms with Gasteiger partial charge in [-0.25, -0.2) is 9.07 Å². The minimum Gasteiger partial charge on any atom is -0.478 e. The molecule has 0 fully saturated rings. The summed E-state index contributed by atoms with van der Waals surface area (Å²) < 4.78 is 20.2. The normalized spacial score (nSPS) is 11.8. The summed E-state index contributed by atoms with van der Waals surface area (Å²) in [5.74, 6) is -1.73. The lowest BCUT2D eigenvalue weighted by atomic mass is 10.3. The number of hydrogen-bond donors (Lipinski definition) is 2. The molecule has 0 spiro atoms. The number of fused-ring (bicyclic) bond motifs is 1. The van der Waals surface area contributed by atoms with E-state index in [2.05, 4.69) is 21.2 Å². The maximum Gasteiger partial charge on any atom is 0.279 e. The van der Waals surface area contributed by atoms with Crippen LogP contribution in [-0.2, 0) is 16.1 Å². The number of nitrogens with zero attached hydrogens (tertiary/aromatic N) is 3. The van der Waals surface area contributed by atoms with Crippen molar-refractivity contribution in [1.82, 2.24) is 25.8 Å². The fraction of sp³-hybridized carbons (Fsp3) is 0.176. The highest BCUT2D eigenvalue weighted by molar-refractivity contribution is 5.85. The van der Waals surface area contributed by atoms with Gasteiger partial charge < -0.3 is 4.74 Å².